The molecule has 0 aromatic carbocycles. The fourth-order valence-electron chi connectivity index (χ4n) is 0.872. The van der Waals surface area contributed by atoms with Crippen LogP contribution in [0.25, 0.3) is 0 Å². The predicted molar refractivity (Wildman–Crippen MR) is 47.7 cm³/mol. The molecule has 1 nitrogen and oxygen atoms in total. The molecule has 1 aliphatic rings. The summed E-state index contributed by atoms with van der Waals surface area (Å²) in [6.07, 6.45) is 3.46. The van der Waals surface area contributed by atoms with E-state index in [-0.39, 0.29) is 0 Å². The Balaban J connectivity index is 2.57. The summed E-state index contributed by atoms with van der Waals surface area (Å²) < 4.78 is 0.676. The molecule has 0 aliphatic carbocycles. The largest absolute Gasteiger partial charge is 0.288 e. The van der Waals surface area contributed by atoms with Gasteiger partial charge in [0.1, 0.15) is 0 Å². The molecule has 0 bridgehead atoms. The van der Waals surface area contributed by atoms with E-state index in [1.807, 2.05) is 0 Å². The highest BCUT2D eigenvalue weighted by Crippen LogP contribution is 2.08. The van der Waals surface area contributed by atoms with Crippen molar-refractivity contribution in [2.75, 3.05) is 6.54 Å². The summed E-state index contributed by atoms with van der Waals surface area (Å²) >= 11 is 8.89. The van der Waals surface area contributed by atoms with Gasteiger partial charge in [-0.1, -0.05) is 12.2 Å². The molecule has 0 aromatic heterocycles. The van der Waals surface area contributed by atoms with E-state index < -0.39 is 0 Å². The average molecular weight is 159 g/mol. The van der Waals surface area contributed by atoms with Gasteiger partial charge in [-0.3, -0.25) is 4.99 Å². The van der Waals surface area contributed by atoms with E-state index in [4.69, 9.17) is 12.2 Å². The molecule has 0 spiro atoms. The van der Waals surface area contributed by atoms with Gasteiger partial charge in [0.2, 0.25) is 0 Å². The van der Waals surface area contributed by atoms with Gasteiger partial charge < -0.3 is 0 Å². The van der Waals surface area contributed by atoms with Crippen LogP contribution in [0.15, 0.2) is 4.99 Å². The lowest BCUT2D eigenvalue weighted by atomic mass is 10.1. The number of nitrogens with zero attached hydrogens (tertiary/aromatic N) is 1. The second-order valence-electron chi connectivity index (χ2n) is 2.09. The molecule has 0 fully saturated rings. The van der Waals surface area contributed by atoms with Crippen molar-refractivity contribution in [3.05, 3.63) is 0 Å². The zero-order valence-corrected chi connectivity index (χ0v) is 6.84. The van der Waals surface area contributed by atoms with E-state index in [1.165, 1.54) is 12.8 Å². The Labute approximate surface area is 66.0 Å². The highest BCUT2D eigenvalue weighted by atomic mass is 32.1. The van der Waals surface area contributed by atoms with Crippen molar-refractivity contribution in [2.45, 2.75) is 19.3 Å². The highest BCUT2D eigenvalue weighted by Gasteiger charge is 2.05. The molecule has 1 aliphatic heterocycles. The van der Waals surface area contributed by atoms with E-state index in [1.54, 1.807) is 0 Å². The SMILES string of the molecule is S=C(S)C1=NCCCC1. The maximum Gasteiger partial charge on any atom is 0.0886 e. The van der Waals surface area contributed by atoms with E-state index in [2.05, 4.69) is 17.6 Å². The minimum Gasteiger partial charge on any atom is -0.288 e. The van der Waals surface area contributed by atoms with Gasteiger partial charge in [0.05, 0.1) is 9.91 Å². The molecule has 1 rings (SSSR count). The van der Waals surface area contributed by atoms with Crippen LogP contribution in [0.2, 0.25) is 0 Å². The van der Waals surface area contributed by atoms with Crippen LogP contribution < -0.4 is 0 Å². The van der Waals surface area contributed by atoms with Gasteiger partial charge in [-0.05, 0) is 19.3 Å². The Morgan fingerprint density at radius 3 is 2.67 bits per heavy atom. The number of hydrogen-bond donors (Lipinski definition) is 1. The third-order valence-corrected chi connectivity index (χ3v) is 1.86. The zero-order valence-electron chi connectivity index (χ0n) is 5.13. The molecular weight excluding hydrogens is 150 g/mol. The molecule has 3 heteroatoms. The number of hydrogen-bond acceptors (Lipinski definition) is 2. The molecule has 0 unspecified atom stereocenters. The normalized spacial score (nSPS) is 19.0. The molecular formula is C6H9NS2. The molecule has 9 heavy (non-hydrogen) atoms. The van der Waals surface area contributed by atoms with Crippen LogP contribution in [0.3, 0.4) is 0 Å². The first-order valence-corrected chi connectivity index (χ1v) is 3.93. The third kappa shape index (κ3) is 2.06. The van der Waals surface area contributed by atoms with Crippen LogP contribution in [-0.4, -0.2) is 16.5 Å². The molecule has 0 radical (unpaired) electrons. The van der Waals surface area contributed by atoms with E-state index in [0.717, 1.165) is 18.7 Å². The first-order valence-electron chi connectivity index (χ1n) is 3.07. The van der Waals surface area contributed by atoms with Crippen molar-refractivity contribution in [3.8, 4) is 0 Å². The molecule has 0 saturated heterocycles. The van der Waals surface area contributed by atoms with Crippen LogP contribution in [-0.2, 0) is 0 Å². The topological polar surface area (TPSA) is 12.4 Å². The quantitative estimate of drug-likeness (QED) is 0.455. The Hall–Kier alpha value is 0.110. The van der Waals surface area contributed by atoms with E-state index in [0.29, 0.717) is 4.20 Å². The monoisotopic (exact) mass is 159 g/mol. The number of thiol groups is 1. The maximum atomic E-state index is 4.85. The lowest BCUT2D eigenvalue weighted by molar-refractivity contribution is 0.743. The van der Waals surface area contributed by atoms with Gasteiger partial charge in [0, 0.05) is 6.54 Å². The second kappa shape index (κ2) is 3.32. The summed E-state index contributed by atoms with van der Waals surface area (Å²) in [7, 11) is 0. The molecule has 0 aromatic rings. The molecule has 0 atom stereocenters. The molecule has 50 valence electrons. The van der Waals surface area contributed by atoms with Crippen LogP contribution >= 0.6 is 24.8 Å². The molecule has 0 saturated carbocycles. The van der Waals surface area contributed by atoms with Crippen LogP contribution in [0.5, 0.6) is 0 Å². The predicted octanol–water partition coefficient (Wildman–Crippen LogP) is 1.87. The Bertz CT molecular complexity index is 151. The fraction of sp³-hybridized carbons (Fsp3) is 0.667. The smallest absolute Gasteiger partial charge is 0.0886 e. The zero-order chi connectivity index (χ0) is 6.69. The van der Waals surface area contributed by atoms with Crippen molar-refractivity contribution >= 4 is 34.8 Å². The van der Waals surface area contributed by atoms with Crippen LogP contribution in [0.4, 0.5) is 0 Å². The third-order valence-electron chi connectivity index (χ3n) is 1.37. The molecule has 0 N–H and O–H groups in total. The summed E-state index contributed by atoms with van der Waals surface area (Å²) in [5.74, 6) is 0. The van der Waals surface area contributed by atoms with Gasteiger partial charge in [-0.2, -0.15) is 0 Å². The minimum absolute atomic E-state index is 0.676. The maximum absolute atomic E-state index is 4.85. The van der Waals surface area contributed by atoms with Gasteiger partial charge >= 0.3 is 0 Å². The minimum atomic E-state index is 0.676. The summed E-state index contributed by atoms with van der Waals surface area (Å²) in [5.41, 5.74) is 1.03. The van der Waals surface area contributed by atoms with Crippen molar-refractivity contribution in [2.24, 2.45) is 4.99 Å². The Morgan fingerprint density at radius 2 is 2.33 bits per heavy atom. The van der Waals surface area contributed by atoms with E-state index >= 15 is 0 Å². The molecule has 0 amide bonds. The summed E-state index contributed by atoms with van der Waals surface area (Å²) in [6, 6.07) is 0. The van der Waals surface area contributed by atoms with E-state index in [9.17, 15) is 0 Å². The number of thiocarbonyl (C=S) groups is 1. The summed E-state index contributed by atoms with van der Waals surface area (Å²) in [6.45, 7) is 0.941. The standard InChI is InChI=1S/C6H9NS2/c8-6(9)5-3-1-2-4-7-5/h1-4H2,(H,8,9). The van der Waals surface area contributed by atoms with Crippen LogP contribution in [0.1, 0.15) is 19.3 Å². The first kappa shape index (κ1) is 7.22. The van der Waals surface area contributed by atoms with Gasteiger partial charge in [-0.15, -0.1) is 12.6 Å². The molecule has 1 heterocycles. The van der Waals surface area contributed by atoms with Gasteiger partial charge in [-0.25, -0.2) is 0 Å². The van der Waals surface area contributed by atoms with Crippen LogP contribution in [0, 0.1) is 0 Å². The lowest BCUT2D eigenvalue weighted by Gasteiger charge is -2.08. The summed E-state index contributed by atoms with van der Waals surface area (Å²) in [4.78, 5) is 4.23. The highest BCUT2D eigenvalue weighted by molar-refractivity contribution is 8.13. The van der Waals surface area contributed by atoms with Gasteiger partial charge in [0.25, 0.3) is 0 Å². The van der Waals surface area contributed by atoms with Crippen molar-refractivity contribution < 1.29 is 0 Å². The fourth-order valence-corrected chi connectivity index (χ4v) is 1.22. The first-order chi connectivity index (χ1) is 4.30. The second-order valence-corrected chi connectivity index (χ2v) is 3.25. The Kier molecular flexibility index (Phi) is 2.66. The van der Waals surface area contributed by atoms with Crippen molar-refractivity contribution in [3.63, 3.8) is 0 Å². The van der Waals surface area contributed by atoms with Gasteiger partial charge in [0.15, 0.2) is 0 Å². The Morgan fingerprint density at radius 1 is 1.56 bits per heavy atom. The van der Waals surface area contributed by atoms with Crippen molar-refractivity contribution in [1.29, 1.82) is 0 Å². The number of aliphatic imine (C=N–C) groups is 1. The summed E-state index contributed by atoms with van der Waals surface area (Å²) in [5, 5.41) is 0. The van der Waals surface area contributed by atoms with Crippen molar-refractivity contribution in [1.82, 2.24) is 0 Å². The number of rotatable bonds is 1. The average Bonchev–Trinajstić information content (AvgIpc) is 1.90. The lowest BCUT2D eigenvalue weighted by Crippen LogP contribution is -2.10.